The summed E-state index contributed by atoms with van der Waals surface area (Å²) in [5.74, 6) is 3.41. The first-order valence-corrected chi connectivity index (χ1v) is 9.71. The van der Waals surface area contributed by atoms with Crippen molar-refractivity contribution in [3.63, 3.8) is 0 Å². The monoisotopic (exact) mass is 487 g/mol. The van der Waals surface area contributed by atoms with Crippen molar-refractivity contribution in [2.45, 2.75) is 37.5 Å². The standard InChI is InChI=1S/C20H29N3O3.HI/c1-21-19(22-9-2-10-24-12-15-3-4-15)23-13-20(7-8-20)16-5-6-17-18(11-16)26-14-25-17;/h5-6,11,15H,2-4,7-10,12-14H2,1H3,(H2,21,22,23);1H. The van der Waals surface area contributed by atoms with Gasteiger partial charge in [0, 0.05) is 38.8 Å². The van der Waals surface area contributed by atoms with E-state index in [0.717, 1.165) is 56.1 Å². The molecule has 150 valence electrons. The lowest BCUT2D eigenvalue weighted by atomic mass is 9.95. The van der Waals surface area contributed by atoms with Gasteiger partial charge in [-0.15, -0.1) is 24.0 Å². The second kappa shape index (κ2) is 9.32. The van der Waals surface area contributed by atoms with Gasteiger partial charge in [-0.2, -0.15) is 0 Å². The van der Waals surface area contributed by atoms with E-state index in [1.165, 1.54) is 31.2 Å². The van der Waals surface area contributed by atoms with E-state index in [1.54, 1.807) is 0 Å². The highest BCUT2D eigenvalue weighted by Gasteiger charge is 2.44. The third-order valence-corrected chi connectivity index (χ3v) is 5.46. The van der Waals surface area contributed by atoms with Crippen molar-refractivity contribution in [1.29, 1.82) is 0 Å². The molecule has 2 aliphatic carbocycles. The van der Waals surface area contributed by atoms with Gasteiger partial charge in [-0.05, 0) is 55.7 Å². The fourth-order valence-electron chi connectivity index (χ4n) is 3.33. The lowest BCUT2D eigenvalue weighted by Gasteiger charge is -2.19. The maximum Gasteiger partial charge on any atom is 0.231 e. The van der Waals surface area contributed by atoms with Crippen molar-refractivity contribution in [3.05, 3.63) is 23.8 Å². The number of ether oxygens (including phenoxy) is 3. The molecule has 3 aliphatic rings. The predicted octanol–water partition coefficient (Wildman–Crippen LogP) is 3.05. The number of guanidine groups is 1. The van der Waals surface area contributed by atoms with Gasteiger partial charge in [0.25, 0.3) is 0 Å². The van der Waals surface area contributed by atoms with Gasteiger partial charge < -0.3 is 24.8 Å². The Morgan fingerprint density at radius 2 is 2.04 bits per heavy atom. The number of hydrogen-bond donors (Lipinski definition) is 2. The molecule has 1 heterocycles. The van der Waals surface area contributed by atoms with Crippen LogP contribution >= 0.6 is 24.0 Å². The van der Waals surface area contributed by atoms with Gasteiger partial charge >= 0.3 is 0 Å². The summed E-state index contributed by atoms with van der Waals surface area (Å²) in [6.45, 7) is 3.84. The van der Waals surface area contributed by atoms with Gasteiger partial charge in [-0.3, -0.25) is 4.99 Å². The Kier molecular flexibility index (Phi) is 7.08. The lowest BCUT2D eigenvalue weighted by Crippen LogP contribution is -2.41. The molecule has 6 nitrogen and oxygen atoms in total. The Balaban J connectivity index is 0.00000210. The van der Waals surface area contributed by atoms with Gasteiger partial charge in [0.05, 0.1) is 0 Å². The first kappa shape index (κ1) is 20.5. The van der Waals surface area contributed by atoms with Crippen LogP contribution in [0.1, 0.15) is 37.7 Å². The summed E-state index contributed by atoms with van der Waals surface area (Å²) >= 11 is 0. The minimum atomic E-state index is 0. The summed E-state index contributed by atoms with van der Waals surface area (Å²) in [5.41, 5.74) is 1.50. The van der Waals surface area contributed by atoms with Crippen molar-refractivity contribution in [2.75, 3.05) is 40.1 Å². The van der Waals surface area contributed by atoms with Crippen LogP contribution in [0.15, 0.2) is 23.2 Å². The molecule has 2 saturated carbocycles. The number of nitrogens with one attached hydrogen (secondary N) is 2. The molecule has 0 amide bonds. The summed E-state index contributed by atoms with van der Waals surface area (Å²) in [7, 11) is 1.82. The van der Waals surface area contributed by atoms with Crippen molar-refractivity contribution >= 4 is 29.9 Å². The van der Waals surface area contributed by atoms with Crippen molar-refractivity contribution < 1.29 is 14.2 Å². The summed E-state index contributed by atoms with van der Waals surface area (Å²) < 4.78 is 16.6. The molecule has 1 aromatic rings. The van der Waals surface area contributed by atoms with Crippen LogP contribution in [0.5, 0.6) is 11.5 Å². The Bertz CT molecular complexity index is 660. The second-order valence-corrected chi connectivity index (χ2v) is 7.57. The third kappa shape index (κ3) is 5.40. The summed E-state index contributed by atoms with van der Waals surface area (Å²) in [6.07, 6.45) is 6.07. The first-order valence-electron chi connectivity index (χ1n) is 9.71. The zero-order valence-electron chi connectivity index (χ0n) is 16.0. The van der Waals surface area contributed by atoms with Crippen LogP contribution < -0.4 is 20.1 Å². The molecule has 0 aromatic heterocycles. The third-order valence-electron chi connectivity index (χ3n) is 5.46. The first-order chi connectivity index (χ1) is 12.8. The average Bonchev–Trinajstić information content (AvgIpc) is 3.59. The molecule has 2 N–H and O–H groups in total. The molecule has 0 bridgehead atoms. The molecule has 2 fully saturated rings. The fourth-order valence-corrected chi connectivity index (χ4v) is 3.33. The molecule has 0 radical (unpaired) electrons. The largest absolute Gasteiger partial charge is 0.454 e. The molecular weight excluding hydrogens is 457 g/mol. The van der Waals surface area contributed by atoms with E-state index in [4.69, 9.17) is 14.2 Å². The van der Waals surface area contributed by atoms with Crippen LogP contribution in [0.2, 0.25) is 0 Å². The Morgan fingerprint density at radius 1 is 1.22 bits per heavy atom. The van der Waals surface area contributed by atoms with Crippen LogP contribution in [0.4, 0.5) is 0 Å². The SMILES string of the molecule is CN=C(NCCCOCC1CC1)NCC1(c2ccc3c(c2)OCO3)CC1.I. The number of fused-ring (bicyclic) bond motifs is 1. The van der Waals surface area contributed by atoms with E-state index in [1.807, 2.05) is 13.1 Å². The van der Waals surface area contributed by atoms with E-state index in [2.05, 4.69) is 27.8 Å². The van der Waals surface area contributed by atoms with Gasteiger partial charge in [-0.25, -0.2) is 0 Å². The van der Waals surface area contributed by atoms with Gasteiger partial charge in [-0.1, -0.05) is 6.07 Å². The Hall–Kier alpha value is -1.22. The topological polar surface area (TPSA) is 64.1 Å². The van der Waals surface area contributed by atoms with E-state index >= 15 is 0 Å². The van der Waals surface area contributed by atoms with Crippen molar-refractivity contribution in [2.24, 2.45) is 10.9 Å². The zero-order chi connectivity index (χ0) is 17.8. The van der Waals surface area contributed by atoms with E-state index in [0.29, 0.717) is 6.79 Å². The number of nitrogens with zero attached hydrogens (tertiary/aromatic N) is 1. The van der Waals surface area contributed by atoms with E-state index in [9.17, 15) is 0 Å². The number of hydrogen-bond acceptors (Lipinski definition) is 4. The minimum Gasteiger partial charge on any atom is -0.454 e. The Morgan fingerprint density at radius 3 is 2.78 bits per heavy atom. The maximum absolute atomic E-state index is 5.67. The quantitative estimate of drug-likeness (QED) is 0.243. The second-order valence-electron chi connectivity index (χ2n) is 7.57. The molecule has 0 atom stereocenters. The molecule has 27 heavy (non-hydrogen) atoms. The molecule has 0 spiro atoms. The summed E-state index contributed by atoms with van der Waals surface area (Å²) in [4.78, 5) is 4.34. The maximum atomic E-state index is 5.67. The molecule has 4 rings (SSSR count). The molecular formula is C20H30IN3O3. The molecule has 1 aromatic carbocycles. The highest BCUT2D eigenvalue weighted by Crippen LogP contribution is 2.49. The van der Waals surface area contributed by atoms with Gasteiger partial charge in [0.1, 0.15) is 0 Å². The van der Waals surface area contributed by atoms with Crippen LogP contribution in [-0.4, -0.2) is 46.1 Å². The highest BCUT2D eigenvalue weighted by atomic mass is 127. The van der Waals surface area contributed by atoms with Crippen LogP contribution in [0, 0.1) is 5.92 Å². The smallest absolute Gasteiger partial charge is 0.231 e. The number of aliphatic imine (C=N–C) groups is 1. The van der Waals surface area contributed by atoms with Crippen LogP contribution in [0.25, 0.3) is 0 Å². The van der Waals surface area contributed by atoms with E-state index in [-0.39, 0.29) is 29.4 Å². The molecule has 1 aliphatic heterocycles. The minimum absolute atomic E-state index is 0. The average molecular weight is 487 g/mol. The number of rotatable bonds is 9. The van der Waals surface area contributed by atoms with Crippen molar-refractivity contribution in [3.8, 4) is 11.5 Å². The predicted molar refractivity (Wildman–Crippen MR) is 116 cm³/mol. The fraction of sp³-hybridized carbons (Fsp3) is 0.650. The van der Waals surface area contributed by atoms with Gasteiger partial charge in [0.15, 0.2) is 17.5 Å². The zero-order valence-corrected chi connectivity index (χ0v) is 18.3. The van der Waals surface area contributed by atoms with Crippen LogP contribution in [0.3, 0.4) is 0 Å². The normalized spacial score (nSPS) is 19.4. The van der Waals surface area contributed by atoms with E-state index < -0.39 is 0 Å². The van der Waals surface area contributed by atoms with Gasteiger partial charge in [0.2, 0.25) is 6.79 Å². The summed E-state index contributed by atoms with van der Waals surface area (Å²) in [5, 5.41) is 6.86. The lowest BCUT2D eigenvalue weighted by molar-refractivity contribution is 0.123. The summed E-state index contributed by atoms with van der Waals surface area (Å²) in [6, 6.07) is 6.31. The molecule has 0 saturated heterocycles. The Labute approximate surface area is 178 Å². The molecule has 7 heteroatoms. The number of benzene rings is 1. The highest BCUT2D eigenvalue weighted by molar-refractivity contribution is 14.0. The van der Waals surface area contributed by atoms with Crippen LogP contribution in [-0.2, 0) is 10.2 Å². The van der Waals surface area contributed by atoms with Crippen molar-refractivity contribution in [1.82, 2.24) is 10.6 Å². The molecule has 0 unspecified atom stereocenters. The number of halogens is 1.